The Balaban J connectivity index is 4.08. The van der Waals surface area contributed by atoms with Gasteiger partial charge in [-0.05, 0) is 18.8 Å². The summed E-state index contributed by atoms with van der Waals surface area (Å²) in [4.78, 5) is 10.8. The molecule has 2 nitrogen and oxygen atoms in total. The average Bonchev–Trinajstić information content (AvgIpc) is 2.03. The van der Waals surface area contributed by atoms with E-state index in [2.05, 4.69) is 20.4 Å². The summed E-state index contributed by atoms with van der Waals surface area (Å²) in [5, 5.41) is 0. The van der Waals surface area contributed by atoms with Crippen LogP contribution in [-0.2, 0) is 4.79 Å². The Morgan fingerprint density at radius 2 is 1.75 bits per heavy atom. The highest BCUT2D eigenvalue weighted by atomic mass is 16.1. The summed E-state index contributed by atoms with van der Waals surface area (Å²) in [6.45, 7) is 7.93. The molecular weight excluding hydrogens is 150 g/mol. The van der Waals surface area contributed by atoms with Crippen LogP contribution in [0.3, 0.4) is 0 Å². The van der Waals surface area contributed by atoms with Gasteiger partial charge in [0.15, 0.2) is 0 Å². The molecule has 2 heteroatoms. The average molecular weight is 169 g/mol. The molecule has 0 heterocycles. The molecule has 0 rings (SSSR count). The highest BCUT2D eigenvalue weighted by Crippen LogP contribution is 2.20. The van der Waals surface area contributed by atoms with Crippen molar-refractivity contribution in [3.05, 3.63) is 12.2 Å². The number of amides is 1. The number of rotatable bonds is 6. The van der Waals surface area contributed by atoms with Crippen molar-refractivity contribution in [2.75, 3.05) is 0 Å². The molecule has 0 spiro atoms. The van der Waals surface area contributed by atoms with E-state index in [1.807, 2.05) is 0 Å². The van der Waals surface area contributed by atoms with Gasteiger partial charge in [-0.15, -0.1) is 0 Å². The molecule has 0 aliphatic rings. The molecule has 0 saturated heterocycles. The summed E-state index contributed by atoms with van der Waals surface area (Å²) in [7, 11) is 0. The lowest BCUT2D eigenvalue weighted by Gasteiger charge is -2.15. The minimum Gasteiger partial charge on any atom is -0.366 e. The van der Waals surface area contributed by atoms with Crippen molar-refractivity contribution in [2.24, 2.45) is 11.7 Å². The van der Waals surface area contributed by atoms with E-state index in [1.54, 1.807) is 0 Å². The minimum absolute atomic E-state index is 0.303. The lowest BCUT2D eigenvalue weighted by Crippen LogP contribution is -2.19. The fourth-order valence-corrected chi connectivity index (χ4v) is 1.39. The van der Waals surface area contributed by atoms with Crippen LogP contribution in [-0.4, -0.2) is 5.91 Å². The molecule has 1 amide bonds. The van der Waals surface area contributed by atoms with Crippen molar-refractivity contribution >= 4 is 5.91 Å². The van der Waals surface area contributed by atoms with Gasteiger partial charge in [0, 0.05) is 5.57 Å². The largest absolute Gasteiger partial charge is 0.366 e. The monoisotopic (exact) mass is 169 g/mol. The van der Waals surface area contributed by atoms with Gasteiger partial charge < -0.3 is 5.73 Å². The van der Waals surface area contributed by atoms with E-state index in [9.17, 15) is 4.79 Å². The first-order valence-electron chi connectivity index (χ1n) is 4.62. The lowest BCUT2D eigenvalue weighted by molar-refractivity contribution is -0.115. The van der Waals surface area contributed by atoms with Gasteiger partial charge in [-0.25, -0.2) is 0 Å². The van der Waals surface area contributed by atoms with Crippen molar-refractivity contribution in [1.82, 2.24) is 0 Å². The third-order valence-corrected chi connectivity index (χ3v) is 2.08. The zero-order valence-electron chi connectivity index (χ0n) is 8.10. The number of hydrogen-bond acceptors (Lipinski definition) is 1. The normalized spacial score (nSPS) is 10.2. The van der Waals surface area contributed by atoms with Crippen LogP contribution in [0.25, 0.3) is 0 Å². The van der Waals surface area contributed by atoms with Gasteiger partial charge in [-0.2, -0.15) is 0 Å². The Morgan fingerprint density at radius 1 is 1.33 bits per heavy atom. The zero-order valence-corrected chi connectivity index (χ0v) is 8.10. The van der Waals surface area contributed by atoms with Gasteiger partial charge in [-0.1, -0.05) is 33.3 Å². The summed E-state index contributed by atoms with van der Waals surface area (Å²) in [6.07, 6.45) is 4.21. The molecule has 0 aromatic carbocycles. The molecule has 0 radical (unpaired) electrons. The van der Waals surface area contributed by atoms with Gasteiger partial charge in [0.25, 0.3) is 0 Å². The Morgan fingerprint density at radius 3 is 2.00 bits per heavy atom. The first kappa shape index (κ1) is 11.2. The molecule has 0 aliphatic carbocycles. The van der Waals surface area contributed by atoms with Gasteiger partial charge >= 0.3 is 0 Å². The summed E-state index contributed by atoms with van der Waals surface area (Å²) in [6, 6.07) is 0. The number of primary amides is 1. The molecule has 0 atom stereocenters. The van der Waals surface area contributed by atoms with Crippen LogP contribution in [0.5, 0.6) is 0 Å². The Hall–Kier alpha value is -0.790. The molecule has 0 unspecified atom stereocenters. The van der Waals surface area contributed by atoms with Crippen LogP contribution in [0.1, 0.15) is 39.5 Å². The van der Waals surface area contributed by atoms with E-state index in [0.717, 1.165) is 25.7 Å². The fourth-order valence-electron chi connectivity index (χ4n) is 1.39. The van der Waals surface area contributed by atoms with Crippen LogP contribution < -0.4 is 5.73 Å². The van der Waals surface area contributed by atoms with E-state index in [4.69, 9.17) is 5.73 Å². The SMILES string of the molecule is C=C(C(N)=O)C(CCC)CCC. The van der Waals surface area contributed by atoms with Crippen molar-refractivity contribution in [3.8, 4) is 0 Å². The topological polar surface area (TPSA) is 43.1 Å². The van der Waals surface area contributed by atoms with Crippen LogP contribution in [0, 0.1) is 5.92 Å². The maximum Gasteiger partial charge on any atom is 0.244 e. The fraction of sp³-hybridized carbons (Fsp3) is 0.700. The van der Waals surface area contributed by atoms with Crippen molar-refractivity contribution in [1.29, 1.82) is 0 Å². The Bertz CT molecular complexity index is 157. The van der Waals surface area contributed by atoms with E-state index in [1.165, 1.54) is 0 Å². The van der Waals surface area contributed by atoms with Crippen LogP contribution in [0.4, 0.5) is 0 Å². The minimum atomic E-state index is -0.345. The van der Waals surface area contributed by atoms with Gasteiger partial charge in [0.1, 0.15) is 0 Å². The van der Waals surface area contributed by atoms with Crippen LogP contribution >= 0.6 is 0 Å². The Kier molecular flexibility index (Phi) is 5.43. The van der Waals surface area contributed by atoms with Crippen molar-refractivity contribution < 1.29 is 4.79 Å². The first-order chi connectivity index (χ1) is 5.63. The molecule has 0 bridgehead atoms. The van der Waals surface area contributed by atoms with Gasteiger partial charge in [-0.3, -0.25) is 4.79 Å². The molecule has 12 heavy (non-hydrogen) atoms. The second-order valence-electron chi connectivity index (χ2n) is 3.16. The summed E-state index contributed by atoms with van der Waals surface area (Å²) >= 11 is 0. The van der Waals surface area contributed by atoms with Crippen LogP contribution in [0.2, 0.25) is 0 Å². The third kappa shape index (κ3) is 3.56. The van der Waals surface area contributed by atoms with E-state index in [0.29, 0.717) is 11.5 Å². The van der Waals surface area contributed by atoms with E-state index < -0.39 is 0 Å². The van der Waals surface area contributed by atoms with Crippen LogP contribution in [0.15, 0.2) is 12.2 Å². The maximum atomic E-state index is 10.8. The number of hydrogen-bond donors (Lipinski definition) is 1. The first-order valence-corrected chi connectivity index (χ1v) is 4.62. The van der Waals surface area contributed by atoms with Crippen molar-refractivity contribution in [3.63, 3.8) is 0 Å². The number of carbonyl (C=O) groups is 1. The molecule has 70 valence electrons. The van der Waals surface area contributed by atoms with Gasteiger partial charge in [0.05, 0.1) is 0 Å². The second-order valence-corrected chi connectivity index (χ2v) is 3.16. The quantitative estimate of drug-likeness (QED) is 0.609. The highest BCUT2D eigenvalue weighted by Gasteiger charge is 2.14. The second kappa shape index (κ2) is 5.81. The molecule has 0 fully saturated rings. The molecule has 0 aromatic rings. The maximum absolute atomic E-state index is 10.8. The van der Waals surface area contributed by atoms with E-state index >= 15 is 0 Å². The summed E-state index contributed by atoms with van der Waals surface area (Å²) in [5.74, 6) is -0.0422. The standard InChI is InChI=1S/C10H19NO/c1-4-6-9(7-5-2)8(3)10(11)12/h9H,3-7H2,1-2H3,(H2,11,12). The predicted octanol–water partition coefficient (Wildman–Crippen LogP) is 2.24. The molecule has 0 aromatic heterocycles. The molecule has 2 N–H and O–H groups in total. The third-order valence-electron chi connectivity index (χ3n) is 2.08. The Labute approximate surface area is 74.8 Å². The number of carbonyl (C=O) groups excluding carboxylic acids is 1. The molecular formula is C10H19NO. The van der Waals surface area contributed by atoms with E-state index in [-0.39, 0.29) is 5.91 Å². The van der Waals surface area contributed by atoms with Crippen molar-refractivity contribution in [2.45, 2.75) is 39.5 Å². The van der Waals surface area contributed by atoms with Gasteiger partial charge in [0.2, 0.25) is 5.91 Å². The summed E-state index contributed by atoms with van der Waals surface area (Å²) < 4.78 is 0. The highest BCUT2D eigenvalue weighted by molar-refractivity contribution is 5.91. The lowest BCUT2D eigenvalue weighted by atomic mass is 9.91. The zero-order chi connectivity index (χ0) is 9.56. The summed E-state index contributed by atoms with van der Waals surface area (Å²) in [5.41, 5.74) is 5.75. The predicted molar refractivity (Wildman–Crippen MR) is 51.6 cm³/mol. The molecule has 0 aliphatic heterocycles. The number of nitrogens with two attached hydrogens (primary N) is 1. The smallest absolute Gasteiger partial charge is 0.244 e. The molecule has 0 saturated carbocycles.